The second kappa shape index (κ2) is 4.79. The second-order valence-corrected chi connectivity index (χ2v) is 5.13. The summed E-state index contributed by atoms with van der Waals surface area (Å²) in [6.45, 7) is 7.79. The molecule has 1 heteroatoms. The number of benzene rings is 2. The standard InChI is InChI=1S/C17H19N/c1-4-13-5-7-14(8-6-13)15-9-11-16(12-10-15)17(2,3)18/h4-12H,1,18H2,2-3H3. The summed E-state index contributed by atoms with van der Waals surface area (Å²) >= 11 is 0. The Morgan fingerprint density at radius 1 is 0.889 bits per heavy atom. The van der Waals surface area contributed by atoms with Gasteiger partial charge in [-0.25, -0.2) is 0 Å². The summed E-state index contributed by atoms with van der Waals surface area (Å²) in [7, 11) is 0. The summed E-state index contributed by atoms with van der Waals surface area (Å²) in [5.41, 5.74) is 10.5. The van der Waals surface area contributed by atoms with E-state index in [9.17, 15) is 0 Å². The van der Waals surface area contributed by atoms with Crippen molar-refractivity contribution in [3.05, 3.63) is 66.2 Å². The van der Waals surface area contributed by atoms with Gasteiger partial charge >= 0.3 is 0 Å². The van der Waals surface area contributed by atoms with Gasteiger partial charge in [0.25, 0.3) is 0 Å². The van der Waals surface area contributed by atoms with E-state index in [2.05, 4.69) is 55.1 Å². The number of rotatable bonds is 3. The molecule has 0 saturated carbocycles. The van der Waals surface area contributed by atoms with Crippen molar-refractivity contribution in [1.29, 1.82) is 0 Å². The fourth-order valence-corrected chi connectivity index (χ4v) is 1.90. The van der Waals surface area contributed by atoms with Gasteiger partial charge in [0, 0.05) is 5.54 Å². The summed E-state index contributed by atoms with van der Waals surface area (Å²) in [5.74, 6) is 0. The van der Waals surface area contributed by atoms with E-state index in [4.69, 9.17) is 5.73 Å². The Labute approximate surface area is 109 Å². The van der Waals surface area contributed by atoms with Gasteiger partial charge < -0.3 is 5.73 Å². The van der Waals surface area contributed by atoms with Gasteiger partial charge in [-0.05, 0) is 36.1 Å². The average molecular weight is 237 g/mol. The smallest absolute Gasteiger partial charge is 0.0352 e. The molecule has 1 nitrogen and oxygen atoms in total. The highest BCUT2D eigenvalue weighted by Crippen LogP contribution is 2.24. The first-order chi connectivity index (χ1) is 8.50. The van der Waals surface area contributed by atoms with E-state index in [1.807, 2.05) is 19.9 Å². The topological polar surface area (TPSA) is 26.0 Å². The molecule has 0 atom stereocenters. The van der Waals surface area contributed by atoms with E-state index in [0.717, 1.165) is 11.1 Å². The van der Waals surface area contributed by atoms with Crippen LogP contribution in [0.25, 0.3) is 17.2 Å². The largest absolute Gasteiger partial charge is 0.322 e. The van der Waals surface area contributed by atoms with Crippen LogP contribution in [0.15, 0.2) is 55.1 Å². The number of nitrogens with two attached hydrogens (primary N) is 1. The van der Waals surface area contributed by atoms with Crippen molar-refractivity contribution in [2.24, 2.45) is 5.73 Å². The van der Waals surface area contributed by atoms with Crippen molar-refractivity contribution in [3.63, 3.8) is 0 Å². The molecule has 0 spiro atoms. The molecule has 0 bridgehead atoms. The Hall–Kier alpha value is -1.86. The van der Waals surface area contributed by atoms with Gasteiger partial charge in [-0.2, -0.15) is 0 Å². The Kier molecular flexibility index (Phi) is 3.35. The number of hydrogen-bond acceptors (Lipinski definition) is 1. The first-order valence-corrected chi connectivity index (χ1v) is 6.13. The third-order valence-corrected chi connectivity index (χ3v) is 3.11. The lowest BCUT2D eigenvalue weighted by Crippen LogP contribution is -2.28. The molecule has 0 unspecified atom stereocenters. The fourth-order valence-electron chi connectivity index (χ4n) is 1.90. The Morgan fingerprint density at radius 2 is 1.33 bits per heavy atom. The molecule has 0 aromatic heterocycles. The Morgan fingerprint density at radius 3 is 1.72 bits per heavy atom. The Bertz CT molecular complexity index is 527. The molecule has 2 rings (SSSR count). The normalized spacial score (nSPS) is 11.3. The van der Waals surface area contributed by atoms with Crippen molar-refractivity contribution in [2.45, 2.75) is 19.4 Å². The lowest BCUT2D eigenvalue weighted by Gasteiger charge is -2.19. The molecular formula is C17H19N. The first kappa shape index (κ1) is 12.6. The van der Waals surface area contributed by atoms with E-state index in [1.165, 1.54) is 11.1 Å². The predicted octanol–water partition coefficient (Wildman–Crippen LogP) is 4.19. The zero-order chi connectivity index (χ0) is 13.2. The molecule has 2 aromatic carbocycles. The summed E-state index contributed by atoms with van der Waals surface area (Å²) in [4.78, 5) is 0. The van der Waals surface area contributed by atoms with Crippen LogP contribution in [0, 0.1) is 0 Å². The summed E-state index contributed by atoms with van der Waals surface area (Å²) < 4.78 is 0. The van der Waals surface area contributed by atoms with Gasteiger partial charge in [0.15, 0.2) is 0 Å². The van der Waals surface area contributed by atoms with Crippen molar-refractivity contribution in [2.75, 3.05) is 0 Å². The first-order valence-electron chi connectivity index (χ1n) is 6.13. The molecular weight excluding hydrogens is 218 g/mol. The molecule has 0 aliphatic rings. The summed E-state index contributed by atoms with van der Waals surface area (Å²) in [5, 5.41) is 0. The minimum absolute atomic E-state index is 0.286. The quantitative estimate of drug-likeness (QED) is 0.851. The van der Waals surface area contributed by atoms with Crippen molar-refractivity contribution < 1.29 is 0 Å². The molecule has 0 heterocycles. The summed E-state index contributed by atoms with van der Waals surface area (Å²) in [6.07, 6.45) is 1.85. The van der Waals surface area contributed by atoms with E-state index >= 15 is 0 Å². The average Bonchev–Trinajstić information content (AvgIpc) is 2.38. The van der Waals surface area contributed by atoms with Crippen LogP contribution in [0.1, 0.15) is 25.0 Å². The highest BCUT2D eigenvalue weighted by atomic mass is 14.7. The zero-order valence-corrected chi connectivity index (χ0v) is 11.0. The van der Waals surface area contributed by atoms with Gasteiger partial charge in [-0.1, -0.05) is 61.2 Å². The highest BCUT2D eigenvalue weighted by molar-refractivity contribution is 5.65. The summed E-state index contributed by atoms with van der Waals surface area (Å²) in [6, 6.07) is 16.8. The molecule has 92 valence electrons. The molecule has 0 radical (unpaired) electrons. The third-order valence-electron chi connectivity index (χ3n) is 3.11. The highest BCUT2D eigenvalue weighted by Gasteiger charge is 2.13. The van der Waals surface area contributed by atoms with E-state index in [1.54, 1.807) is 0 Å². The maximum Gasteiger partial charge on any atom is 0.0352 e. The van der Waals surface area contributed by atoms with Crippen LogP contribution in [0.3, 0.4) is 0 Å². The van der Waals surface area contributed by atoms with Gasteiger partial charge in [0.2, 0.25) is 0 Å². The van der Waals surface area contributed by atoms with Crippen LogP contribution < -0.4 is 5.73 Å². The van der Waals surface area contributed by atoms with Gasteiger partial charge in [0.05, 0.1) is 0 Å². The predicted molar refractivity (Wildman–Crippen MR) is 79.2 cm³/mol. The molecule has 2 N–H and O–H groups in total. The van der Waals surface area contributed by atoms with E-state index in [-0.39, 0.29) is 5.54 Å². The maximum absolute atomic E-state index is 6.07. The lowest BCUT2D eigenvalue weighted by atomic mass is 9.93. The molecule has 0 saturated heterocycles. The third kappa shape index (κ3) is 2.69. The van der Waals surface area contributed by atoms with Gasteiger partial charge in [0.1, 0.15) is 0 Å². The number of hydrogen-bond donors (Lipinski definition) is 1. The van der Waals surface area contributed by atoms with Crippen molar-refractivity contribution in [3.8, 4) is 11.1 Å². The zero-order valence-electron chi connectivity index (χ0n) is 11.0. The van der Waals surface area contributed by atoms with Gasteiger partial charge in [-0.3, -0.25) is 0 Å². The molecule has 2 aromatic rings. The van der Waals surface area contributed by atoms with Crippen LogP contribution in [-0.2, 0) is 5.54 Å². The molecule has 18 heavy (non-hydrogen) atoms. The molecule has 0 aliphatic heterocycles. The van der Waals surface area contributed by atoms with E-state index in [0.29, 0.717) is 0 Å². The van der Waals surface area contributed by atoms with Crippen molar-refractivity contribution in [1.82, 2.24) is 0 Å². The van der Waals surface area contributed by atoms with Gasteiger partial charge in [-0.15, -0.1) is 0 Å². The Balaban J connectivity index is 2.31. The second-order valence-electron chi connectivity index (χ2n) is 5.13. The molecule has 0 amide bonds. The van der Waals surface area contributed by atoms with Crippen LogP contribution in [0.5, 0.6) is 0 Å². The van der Waals surface area contributed by atoms with Crippen LogP contribution >= 0.6 is 0 Å². The SMILES string of the molecule is C=Cc1ccc(-c2ccc(C(C)(C)N)cc2)cc1. The fraction of sp³-hybridized carbons (Fsp3) is 0.176. The van der Waals surface area contributed by atoms with Crippen LogP contribution in [0.4, 0.5) is 0 Å². The van der Waals surface area contributed by atoms with Crippen LogP contribution in [0.2, 0.25) is 0 Å². The monoisotopic (exact) mass is 237 g/mol. The van der Waals surface area contributed by atoms with Crippen molar-refractivity contribution >= 4 is 6.08 Å². The molecule has 0 aliphatic carbocycles. The van der Waals surface area contributed by atoms with Crippen LogP contribution in [-0.4, -0.2) is 0 Å². The lowest BCUT2D eigenvalue weighted by molar-refractivity contribution is 0.554. The maximum atomic E-state index is 6.07. The minimum atomic E-state index is -0.286. The van der Waals surface area contributed by atoms with E-state index < -0.39 is 0 Å². The minimum Gasteiger partial charge on any atom is -0.322 e. The molecule has 0 fully saturated rings.